The van der Waals surface area contributed by atoms with Crippen LogP contribution >= 0.6 is 11.6 Å². The highest BCUT2D eigenvalue weighted by Gasteiger charge is 2.02. The van der Waals surface area contributed by atoms with Crippen molar-refractivity contribution in [3.8, 4) is 0 Å². The van der Waals surface area contributed by atoms with E-state index in [1.165, 1.54) is 0 Å². The van der Waals surface area contributed by atoms with Gasteiger partial charge < -0.3 is 5.32 Å². The van der Waals surface area contributed by atoms with Crippen molar-refractivity contribution >= 4 is 17.5 Å². The van der Waals surface area contributed by atoms with E-state index in [0.717, 1.165) is 12.0 Å². The third kappa shape index (κ3) is 4.87. The molecule has 1 N–H and O–H groups in total. The summed E-state index contributed by atoms with van der Waals surface area (Å²) in [6.07, 6.45) is 4.24. The van der Waals surface area contributed by atoms with Gasteiger partial charge in [0.05, 0.1) is 0 Å². The molecule has 1 aromatic rings. The molecule has 1 aromatic carbocycles. The zero-order chi connectivity index (χ0) is 12.7. The summed E-state index contributed by atoms with van der Waals surface area (Å²) >= 11 is 5.87. The largest absolute Gasteiger partial charge is 0.352 e. The number of hydrogen-bond acceptors (Lipinski definition) is 1. The Morgan fingerprint density at radius 1 is 1.53 bits per heavy atom. The summed E-state index contributed by atoms with van der Waals surface area (Å²) < 4.78 is 0. The molecular weight excluding hydrogens is 234 g/mol. The quantitative estimate of drug-likeness (QED) is 0.631. The lowest BCUT2D eigenvalue weighted by molar-refractivity contribution is -0.117. The highest BCUT2D eigenvalue weighted by atomic mass is 35.5. The molecule has 17 heavy (non-hydrogen) atoms. The molecule has 0 radical (unpaired) electrons. The molecule has 90 valence electrons. The molecule has 0 unspecified atom stereocenters. The molecule has 0 heterocycles. The number of halogens is 1. The summed E-state index contributed by atoms with van der Waals surface area (Å²) in [5.74, 6) is -0.134. The van der Waals surface area contributed by atoms with Gasteiger partial charge in [-0.25, -0.2) is 0 Å². The van der Waals surface area contributed by atoms with Crippen LogP contribution in [0.3, 0.4) is 0 Å². The van der Waals surface area contributed by atoms with E-state index in [0.29, 0.717) is 17.1 Å². The van der Waals surface area contributed by atoms with E-state index >= 15 is 0 Å². The normalized spacial score (nSPS) is 10.5. The van der Waals surface area contributed by atoms with Gasteiger partial charge in [0.1, 0.15) is 0 Å². The highest BCUT2D eigenvalue weighted by molar-refractivity contribution is 6.30. The molecule has 0 atom stereocenters. The molecule has 0 aliphatic rings. The Morgan fingerprint density at radius 2 is 2.29 bits per heavy atom. The van der Waals surface area contributed by atoms with Gasteiger partial charge in [0.15, 0.2) is 0 Å². The minimum absolute atomic E-state index is 0.134. The van der Waals surface area contributed by atoms with Crippen LogP contribution in [0.25, 0.3) is 0 Å². The van der Waals surface area contributed by atoms with Crippen molar-refractivity contribution in [1.29, 1.82) is 0 Å². The van der Waals surface area contributed by atoms with E-state index in [2.05, 4.69) is 11.9 Å². The summed E-state index contributed by atoms with van der Waals surface area (Å²) in [7, 11) is 0. The maximum absolute atomic E-state index is 11.5. The summed E-state index contributed by atoms with van der Waals surface area (Å²) in [5, 5.41) is 3.52. The lowest BCUT2D eigenvalue weighted by Crippen LogP contribution is -2.26. The van der Waals surface area contributed by atoms with Gasteiger partial charge in [-0.05, 0) is 31.0 Å². The Morgan fingerprint density at radius 3 is 2.94 bits per heavy atom. The fourth-order valence-electron chi connectivity index (χ4n) is 1.40. The SMILES string of the molecule is C=C(/C=C\C)C(=O)NCCc1cccc(Cl)c1. The van der Waals surface area contributed by atoms with E-state index in [9.17, 15) is 4.79 Å². The fourth-order valence-corrected chi connectivity index (χ4v) is 1.62. The van der Waals surface area contributed by atoms with Crippen LogP contribution in [0.4, 0.5) is 0 Å². The average molecular weight is 250 g/mol. The molecule has 0 fully saturated rings. The van der Waals surface area contributed by atoms with Crippen LogP contribution in [0.1, 0.15) is 12.5 Å². The second kappa shape index (κ2) is 6.92. The van der Waals surface area contributed by atoms with E-state index < -0.39 is 0 Å². The van der Waals surface area contributed by atoms with Crippen molar-refractivity contribution in [1.82, 2.24) is 5.32 Å². The van der Waals surface area contributed by atoms with Crippen molar-refractivity contribution in [3.05, 3.63) is 59.2 Å². The molecule has 0 bridgehead atoms. The topological polar surface area (TPSA) is 29.1 Å². The van der Waals surface area contributed by atoms with Crippen molar-refractivity contribution in [2.45, 2.75) is 13.3 Å². The Balaban J connectivity index is 2.38. The monoisotopic (exact) mass is 249 g/mol. The van der Waals surface area contributed by atoms with E-state index in [-0.39, 0.29) is 5.91 Å². The second-order valence-electron chi connectivity index (χ2n) is 3.66. The number of carbonyl (C=O) groups excluding carboxylic acids is 1. The van der Waals surface area contributed by atoms with Crippen LogP contribution in [-0.4, -0.2) is 12.5 Å². The maximum atomic E-state index is 11.5. The van der Waals surface area contributed by atoms with Crippen molar-refractivity contribution in [2.24, 2.45) is 0 Å². The Labute approximate surface area is 107 Å². The first-order valence-electron chi connectivity index (χ1n) is 5.47. The van der Waals surface area contributed by atoms with Gasteiger partial charge in [-0.3, -0.25) is 4.79 Å². The molecule has 0 spiro atoms. The van der Waals surface area contributed by atoms with Gasteiger partial charge in [0.25, 0.3) is 5.91 Å². The second-order valence-corrected chi connectivity index (χ2v) is 4.10. The summed E-state index contributed by atoms with van der Waals surface area (Å²) in [6, 6.07) is 7.61. The zero-order valence-electron chi connectivity index (χ0n) is 9.87. The van der Waals surface area contributed by atoms with Crippen molar-refractivity contribution < 1.29 is 4.79 Å². The molecule has 0 aliphatic heterocycles. The van der Waals surface area contributed by atoms with Gasteiger partial charge in [0.2, 0.25) is 0 Å². The van der Waals surface area contributed by atoms with Gasteiger partial charge in [0, 0.05) is 17.1 Å². The third-order valence-electron chi connectivity index (χ3n) is 2.25. The lowest BCUT2D eigenvalue weighted by atomic mass is 10.1. The number of rotatable bonds is 5. The number of allylic oxidation sites excluding steroid dienone is 1. The van der Waals surface area contributed by atoms with E-state index in [1.54, 1.807) is 12.2 Å². The van der Waals surface area contributed by atoms with Crippen molar-refractivity contribution in [3.63, 3.8) is 0 Å². The third-order valence-corrected chi connectivity index (χ3v) is 2.48. The number of hydrogen-bond donors (Lipinski definition) is 1. The highest BCUT2D eigenvalue weighted by Crippen LogP contribution is 2.10. The number of amides is 1. The lowest BCUT2D eigenvalue weighted by Gasteiger charge is -2.05. The molecule has 0 aliphatic carbocycles. The Hall–Kier alpha value is -1.54. The molecule has 0 saturated carbocycles. The molecule has 1 rings (SSSR count). The van der Waals surface area contributed by atoms with Crippen LogP contribution in [0.15, 0.2) is 48.6 Å². The van der Waals surface area contributed by atoms with Gasteiger partial charge in [-0.2, -0.15) is 0 Å². The summed E-state index contributed by atoms with van der Waals surface area (Å²) in [4.78, 5) is 11.5. The van der Waals surface area contributed by atoms with Gasteiger partial charge >= 0.3 is 0 Å². The fraction of sp³-hybridized carbons (Fsp3) is 0.214. The smallest absolute Gasteiger partial charge is 0.250 e. The van der Waals surface area contributed by atoms with E-state index in [1.807, 2.05) is 31.2 Å². The van der Waals surface area contributed by atoms with Crippen LogP contribution in [0.5, 0.6) is 0 Å². The minimum atomic E-state index is -0.134. The Kier molecular flexibility index (Phi) is 5.50. The van der Waals surface area contributed by atoms with Crippen LogP contribution < -0.4 is 5.32 Å². The van der Waals surface area contributed by atoms with Gasteiger partial charge in [-0.1, -0.05) is 42.5 Å². The van der Waals surface area contributed by atoms with Crippen LogP contribution in [0.2, 0.25) is 5.02 Å². The molecular formula is C14H16ClNO. The molecule has 3 heteroatoms. The Bertz CT molecular complexity index is 438. The summed E-state index contributed by atoms with van der Waals surface area (Å²) in [5.41, 5.74) is 1.58. The van der Waals surface area contributed by atoms with E-state index in [4.69, 9.17) is 11.6 Å². The predicted molar refractivity (Wildman–Crippen MR) is 72.1 cm³/mol. The van der Waals surface area contributed by atoms with Crippen molar-refractivity contribution in [2.75, 3.05) is 6.54 Å². The van der Waals surface area contributed by atoms with Crippen LogP contribution in [-0.2, 0) is 11.2 Å². The molecule has 1 amide bonds. The first kappa shape index (κ1) is 13.5. The zero-order valence-corrected chi connectivity index (χ0v) is 10.6. The van der Waals surface area contributed by atoms with Gasteiger partial charge in [-0.15, -0.1) is 0 Å². The molecule has 2 nitrogen and oxygen atoms in total. The molecule has 0 saturated heterocycles. The standard InChI is InChI=1S/C14H16ClNO/c1-3-5-11(2)14(17)16-9-8-12-6-4-7-13(15)10-12/h3-7,10H,2,8-9H2,1H3,(H,16,17)/b5-3-. The summed E-state index contributed by atoms with van der Waals surface area (Å²) in [6.45, 7) is 6.09. The number of benzene rings is 1. The molecule has 0 aromatic heterocycles. The predicted octanol–water partition coefficient (Wildman–Crippen LogP) is 3.13. The minimum Gasteiger partial charge on any atom is -0.352 e. The van der Waals surface area contributed by atoms with Crippen LogP contribution in [0, 0.1) is 0 Å². The maximum Gasteiger partial charge on any atom is 0.250 e. The first-order valence-corrected chi connectivity index (χ1v) is 5.85. The number of nitrogens with one attached hydrogen (secondary N) is 1. The first-order chi connectivity index (χ1) is 8.13. The average Bonchev–Trinajstić information content (AvgIpc) is 2.29. The number of carbonyl (C=O) groups is 1.